The van der Waals surface area contributed by atoms with Gasteiger partial charge in [-0.2, -0.15) is 5.10 Å². The summed E-state index contributed by atoms with van der Waals surface area (Å²) < 4.78 is 1.38. The molecule has 3 aromatic rings. The van der Waals surface area contributed by atoms with Crippen LogP contribution in [0.2, 0.25) is 0 Å². The molecule has 0 saturated carbocycles. The summed E-state index contributed by atoms with van der Waals surface area (Å²) >= 11 is 1.59. The monoisotopic (exact) mass is 372 g/mol. The van der Waals surface area contributed by atoms with Gasteiger partial charge in [-0.15, -0.1) is 16.4 Å². The van der Waals surface area contributed by atoms with Crippen LogP contribution >= 0.6 is 11.3 Å². The number of carbonyl (C=O) groups is 2. The maximum absolute atomic E-state index is 12.6. The van der Waals surface area contributed by atoms with Crippen molar-refractivity contribution in [2.75, 3.05) is 26.2 Å². The van der Waals surface area contributed by atoms with E-state index in [9.17, 15) is 9.59 Å². The van der Waals surface area contributed by atoms with Crippen LogP contribution in [0.5, 0.6) is 0 Å². The van der Waals surface area contributed by atoms with Crippen LogP contribution in [0.25, 0.3) is 10.6 Å². The molecule has 1 saturated heterocycles. The maximum atomic E-state index is 12.6. The minimum atomic E-state index is -0.128. The summed E-state index contributed by atoms with van der Waals surface area (Å²) in [5, 5.41) is 19.7. The lowest BCUT2D eigenvalue weighted by atomic mass is 10.2. The zero-order valence-corrected chi connectivity index (χ0v) is 14.6. The maximum Gasteiger partial charge on any atom is 0.274 e. The summed E-state index contributed by atoms with van der Waals surface area (Å²) in [5.74, 6) is -0.194. The normalized spacial score (nSPS) is 14.6. The summed E-state index contributed by atoms with van der Waals surface area (Å²) in [6.07, 6.45) is 1.40. The van der Waals surface area contributed by atoms with Gasteiger partial charge < -0.3 is 9.80 Å². The molecule has 0 unspecified atom stereocenters. The molecule has 2 amide bonds. The van der Waals surface area contributed by atoms with Crippen LogP contribution in [0.4, 0.5) is 0 Å². The topological polar surface area (TPSA) is 113 Å². The smallest absolute Gasteiger partial charge is 0.274 e. The van der Waals surface area contributed by atoms with Gasteiger partial charge in [-0.05, 0) is 27.9 Å². The van der Waals surface area contributed by atoms with Crippen LogP contribution in [0.15, 0.2) is 29.9 Å². The van der Waals surface area contributed by atoms with Crippen LogP contribution < -0.4 is 0 Å². The number of hydrogen-bond acceptors (Lipinski definition) is 7. The molecule has 134 valence electrons. The van der Waals surface area contributed by atoms with E-state index in [0.29, 0.717) is 31.9 Å². The molecule has 0 aromatic carbocycles. The third kappa shape index (κ3) is 3.33. The third-order valence-electron chi connectivity index (χ3n) is 4.19. The number of piperazine rings is 1. The Labute approximate surface area is 152 Å². The molecule has 1 aliphatic rings. The van der Waals surface area contributed by atoms with Gasteiger partial charge in [0.15, 0.2) is 5.69 Å². The number of nitrogens with one attached hydrogen (secondary N) is 1. The second kappa shape index (κ2) is 7.04. The number of H-pyrrole nitrogens is 1. The van der Waals surface area contributed by atoms with E-state index >= 15 is 0 Å². The quantitative estimate of drug-likeness (QED) is 0.695. The van der Waals surface area contributed by atoms with Crippen molar-refractivity contribution in [2.45, 2.75) is 6.54 Å². The lowest BCUT2D eigenvalue weighted by molar-refractivity contribution is -0.133. The van der Waals surface area contributed by atoms with Gasteiger partial charge in [-0.25, -0.2) is 4.68 Å². The number of amides is 2. The van der Waals surface area contributed by atoms with Gasteiger partial charge in [0, 0.05) is 26.2 Å². The largest absolute Gasteiger partial charge is 0.338 e. The predicted molar refractivity (Wildman–Crippen MR) is 92.2 cm³/mol. The highest BCUT2D eigenvalue weighted by Gasteiger charge is 2.26. The van der Waals surface area contributed by atoms with Crippen LogP contribution in [-0.4, -0.2) is 78.2 Å². The molecule has 1 aliphatic heterocycles. The second-order valence-corrected chi connectivity index (χ2v) is 6.77. The molecule has 0 radical (unpaired) electrons. The minimum Gasteiger partial charge on any atom is -0.338 e. The average Bonchev–Trinajstić information content (AvgIpc) is 3.42. The van der Waals surface area contributed by atoms with E-state index in [4.69, 9.17) is 0 Å². The molecule has 10 nitrogen and oxygen atoms in total. The van der Waals surface area contributed by atoms with E-state index in [1.165, 1.54) is 11.0 Å². The first-order valence-electron chi connectivity index (χ1n) is 8.08. The molecule has 1 fully saturated rings. The van der Waals surface area contributed by atoms with Gasteiger partial charge in [0.2, 0.25) is 5.91 Å². The van der Waals surface area contributed by atoms with E-state index in [-0.39, 0.29) is 18.4 Å². The third-order valence-corrected chi connectivity index (χ3v) is 5.10. The van der Waals surface area contributed by atoms with E-state index in [2.05, 4.69) is 25.7 Å². The Kier molecular flexibility index (Phi) is 4.44. The minimum absolute atomic E-state index is 0.0656. The van der Waals surface area contributed by atoms with E-state index in [1.807, 2.05) is 17.5 Å². The van der Waals surface area contributed by atoms with Crippen molar-refractivity contribution in [1.82, 2.24) is 40.2 Å². The van der Waals surface area contributed by atoms with Crippen molar-refractivity contribution < 1.29 is 9.59 Å². The Morgan fingerprint density at radius 2 is 2.00 bits per heavy atom. The Morgan fingerprint density at radius 1 is 1.19 bits per heavy atom. The lowest BCUT2D eigenvalue weighted by Crippen LogP contribution is -2.51. The van der Waals surface area contributed by atoms with Crippen LogP contribution in [0, 0.1) is 0 Å². The molecule has 0 atom stereocenters. The fourth-order valence-electron chi connectivity index (χ4n) is 2.80. The first-order valence-corrected chi connectivity index (χ1v) is 8.96. The summed E-state index contributed by atoms with van der Waals surface area (Å²) in [7, 11) is 0. The molecule has 3 aromatic heterocycles. The molecular formula is C15H16N8O2S. The van der Waals surface area contributed by atoms with Gasteiger partial charge in [-0.1, -0.05) is 6.07 Å². The van der Waals surface area contributed by atoms with Gasteiger partial charge in [-0.3, -0.25) is 14.7 Å². The standard InChI is InChI=1S/C15H16N8O2S/c24-14(9-23-10-16-19-20-23)21-3-5-22(6-4-21)15(25)12-8-11(17-18-12)13-2-1-7-26-13/h1-2,7-8,10H,3-6,9H2,(H,17,18). The second-order valence-electron chi connectivity index (χ2n) is 5.82. The van der Waals surface area contributed by atoms with E-state index in [0.717, 1.165) is 10.6 Å². The Bertz CT molecular complexity index is 881. The molecule has 0 spiro atoms. The number of carbonyl (C=O) groups excluding carboxylic acids is 2. The highest BCUT2D eigenvalue weighted by Crippen LogP contribution is 2.23. The van der Waals surface area contributed by atoms with Crippen molar-refractivity contribution in [3.8, 4) is 10.6 Å². The Hall–Kier alpha value is -3.08. The number of nitrogens with zero attached hydrogens (tertiary/aromatic N) is 7. The van der Waals surface area contributed by atoms with Crippen molar-refractivity contribution in [1.29, 1.82) is 0 Å². The lowest BCUT2D eigenvalue weighted by Gasteiger charge is -2.34. The molecular weight excluding hydrogens is 356 g/mol. The van der Waals surface area contributed by atoms with Crippen molar-refractivity contribution in [3.63, 3.8) is 0 Å². The fraction of sp³-hybridized carbons (Fsp3) is 0.333. The fourth-order valence-corrected chi connectivity index (χ4v) is 3.49. The number of aromatic amines is 1. The van der Waals surface area contributed by atoms with Crippen molar-refractivity contribution in [3.05, 3.63) is 35.6 Å². The Balaban J connectivity index is 1.34. The zero-order valence-electron chi connectivity index (χ0n) is 13.8. The highest BCUT2D eigenvalue weighted by atomic mass is 32.1. The van der Waals surface area contributed by atoms with Crippen molar-refractivity contribution in [2.24, 2.45) is 0 Å². The molecule has 4 rings (SSSR count). The number of rotatable bonds is 4. The molecule has 11 heteroatoms. The molecule has 0 bridgehead atoms. The van der Waals surface area contributed by atoms with Gasteiger partial charge in [0.1, 0.15) is 12.9 Å². The number of thiophene rings is 1. The Morgan fingerprint density at radius 3 is 2.69 bits per heavy atom. The molecule has 0 aliphatic carbocycles. The summed E-state index contributed by atoms with van der Waals surface area (Å²) in [5.41, 5.74) is 1.22. The van der Waals surface area contributed by atoms with Crippen LogP contribution in [-0.2, 0) is 11.3 Å². The summed E-state index contributed by atoms with van der Waals surface area (Å²) in [6, 6.07) is 5.69. The number of hydrogen-bond donors (Lipinski definition) is 1. The van der Waals surface area contributed by atoms with E-state index < -0.39 is 0 Å². The van der Waals surface area contributed by atoms with Gasteiger partial charge in [0.05, 0.1) is 10.6 Å². The van der Waals surface area contributed by atoms with Gasteiger partial charge in [0.25, 0.3) is 5.91 Å². The van der Waals surface area contributed by atoms with Crippen molar-refractivity contribution >= 4 is 23.2 Å². The SMILES string of the molecule is O=C(Cn1cnnn1)N1CCN(C(=O)c2cc(-c3cccs3)[nH]n2)CC1. The summed E-state index contributed by atoms with van der Waals surface area (Å²) in [4.78, 5) is 29.3. The molecule has 4 heterocycles. The first kappa shape index (κ1) is 16.4. The van der Waals surface area contributed by atoms with Crippen LogP contribution in [0.1, 0.15) is 10.5 Å². The molecule has 26 heavy (non-hydrogen) atoms. The van der Waals surface area contributed by atoms with Crippen LogP contribution in [0.3, 0.4) is 0 Å². The number of aromatic nitrogens is 6. The highest BCUT2D eigenvalue weighted by molar-refractivity contribution is 7.13. The van der Waals surface area contributed by atoms with Gasteiger partial charge >= 0.3 is 0 Å². The molecule has 1 N–H and O–H groups in total. The number of tetrazole rings is 1. The summed E-state index contributed by atoms with van der Waals surface area (Å²) in [6.45, 7) is 2.01. The average molecular weight is 372 g/mol. The first-order chi connectivity index (χ1) is 12.7. The van der Waals surface area contributed by atoms with E-state index in [1.54, 1.807) is 27.2 Å². The predicted octanol–water partition coefficient (Wildman–Crippen LogP) is 0.109. The zero-order chi connectivity index (χ0) is 17.9.